The first kappa shape index (κ1) is 15.8. The van der Waals surface area contributed by atoms with E-state index < -0.39 is 0 Å². The van der Waals surface area contributed by atoms with Gasteiger partial charge >= 0.3 is 0 Å². The first-order valence-corrected chi connectivity index (χ1v) is 8.92. The molecule has 2 N–H and O–H groups in total. The summed E-state index contributed by atoms with van der Waals surface area (Å²) in [5.74, 6) is -0.0261. The Hall–Kier alpha value is -2.69. The van der Waals surface area contributed by atoms with Crippen LogP contribution in [0.3, 0.4) is 0 Å². The summed E-state index contributed by atoms with van der Waals surface area (Å²) in [4.78, 5) is 16.8. The highest BCUT2D eigenvalue weighted by atomic mass is 16.1. The molecule has 4 rings (SSSR count). The van der Waals surface area contributed by atoms with Crippen molar-refractivity contribution in [1.29, 1.82) is 0 Å². The van der Waals surface area contributed by atoms with Gasteiger partial charge in [0.1, 0.15) is 0 Å². The van der Waals surface area contributed by atoms with E-state index in [-0.39, 0.29) is 5.91 Å². The number of hydrogen-bond donors (Lipinski definition) is 2. The van der Waals surface area contributed by atoms with Crippen LogP contribution in [-0.4, -0.2) is 27.1 Å². The van der Waals surface area contributed by atoms with Crippen LogP contribution in [0.5, 0.6) is 0 Å². The Morgan fingerprint density at radius 3 is 2.80 bits per heavy atom. The highest BCUT2D eigenvalue weighted by Crippen LogP contribution is 2.25. The predicted octanol–water partition coefficient (Wildman–Crippen LogP) is 4.00. The van der Waals surface area contributed by atoms with Gasteiger partial charge in [0.25, 0.3) is 5.91 Å². The molecule has 1 aliphatic rings. The van der Waals surface area contributed by atoms with E-state index in [1.54, 1.807) is 12.4 Å². The number of nitrogens with one attached hydrogen (secondary N) is 2. The maximum atomic E-state index is 12.6. The molecule has 25 heavy (non-hydrogen) atoms. The largest absolute Gasteiger partial charge is 0.349 e. The fraction of sp³-hybridized carbons (Fsp3) is 0.350. The van der Waals surface area contributed by atoms with Gasteiger partial charge in [-0.1, -0.05) is 25.3 Å². The standard InChI is InChI=1S/C20H22N4O/c1-13-18-10-14(7-8-19(18)24-23-13)15-9-16(12-21-11-15)20(25)22-17-5-3-2-4-6-17/h7-12,17H,2-6H2,1H3,(H,22,25)(H,23,24). The molecule has 0 unspecified atom stereocenters. The van der Waals surface area contributed by atoms with Crippen molar-refractivity contribution in [3.8, 4) is 11.1 Å². The van der Waals surface area contributed by atoms with Crippen LogP contribution in [0.4, 0.5) is 0 Å². The number of benzene rings is 1. The number of rotatable bonds is 3. The third kappa shape index (κ3) is 3.27. The average molecular weight is 334 g/mol. The van der Waals surface area contributed by atoms with E-state index in [1.165, 1.54) is 19.3 Å². The van der Waals surface area contributed by atoms with E-state index in [1.807, 2.05) is 25.1 Å². The molecule has 0 atom stereocenters. The molecule has 1 fully saturated rings. The molecule has 1 aliphatic carbocycles. The number of carbonyl (C=O) groups is 1. The zero-order valence-corrected chi connectivity index (χ0v) is 14.4. The maximum Gasteiger partial charge on any atom is 0.253 e. The Labute approximate surface area is 146 Å². The maximum absolute atomic E-state index is 12.6. The number of amides is 1. The minimum absolute atomic E-state index is 0.0261. The zero-order chi connectivity index (χ0) is 17.2. The number of carbonyl (C=O) groups excluding carboxylic acids is 1. The Balaban J connectivity index is 1.59. The van der Waals surface area contributed by atoms with E-state index in [9.17, 15) is 4.79 Å². The summed E-state index contributed by atoms with van der Waals surface area (Å²) < 4.78 is 0. The van der Waals surface area contributed by atoms with Gasteiger partial charge in [0.2, 0.25) is 0 Å². The lowest BCUT2D eigenvalue weighted by atomic mass is 9.95. The molecule has 0 spiro atoms. The first-order chi connectivity index (χ1) is 12.2. The van der Waals surface area contributed by atoms with E-state index in [0.717, 1.165) is 40.6 Å². The lowest BCUT2D eigenvalue weighted by molar-refractivity contribution is 0.0927. The van der Waals surface area contributed by atoms with Crippen molar-refractivity contribution in [3.63, 3.8) is 0 Å². The van der Waals surface area contributed by atoms with Gasteiger partial charge in [0, 0.05) is 35.1 Å². The zero-order valence-electron chi connectivity index (χ0n) is 14.4. The molecule has 5 heteroatoms. The van der Waals surface area contributed by atoms with Crippen LogP contribution >= 0.6 is 0 Å². The molecule has 2 heterocycles. The molecular formula is C20H22N4O. The molecule has 0 bridgehead atoms. The third-order valence-electron chi connectivity index (χ3n) is 5.02. The fourth-order valence-corrected chi connectivity index (χ4v) is 3.56. The van der Waals surface area contributed by atoms with E-state index in [0.29, 0.717) is 11.6 Å². The van der Waals surface area contributed by atoms with Crippen molar-refractivity contribution in [3.05, 3.63) is 47.9 Å². The smallest absolute Gasteiger partial charge is 0.253 e. The summed E-state index contributed by atoms with van der Waals surface area (Å²) in [5, 5.41) is 11.5. The highest BCUT2D eigenvalue weighted by molar-refractivity contribution is 5.95. The van der Waals surface area contributed by atoms with Gasteiger partial charge in [-0.25, -0.2) is 0 Å². The second kappa shape index (κ2) is 6.67. The molecule has 5 nitrogen and oxygen atoms in total. The van der Waals surface area contributed by atoms with Crippen LogP contribution in [0, 0.1) is 6.92 Å². The lowest BCUT2D eigenvalue weighted by Gasteiger charge is -2.22. The first-order valence-electron chi connectivity index (χ1n) is 8.92. The summed E-state index contributed by atoms with van der Waals surface area (Å²) in [6, 6.07) is 8.32. The molecule has 1 amide bonds. The molecule has 3 aromatic rings. The summed E-state index contributed by atoms with van der Waals surface area (Å²) >= 11 is 0. The van der Waals surface area contributed by atoms with Gasteiger partial charge in [0.15, 0.2) is 0 Å². The van der Waals surface area contributed by atoms with Crippen molar-refractivity contribution in [1.82, 2.24) is 20.5 Å². The predicted molar refractivity (Wildman–Crippen MR) is 98.4 cm³/mol. The lowest BCUT2D eigenvalue weighted by Crippen LogP contribution is -2.36. The second-order valence-corrected chi connectivity index (χ2v) is 6.85. The molecule has 0 aliphatic heterocycles. The topological polar surface area (TPSA) is 70.7 Å². The van der Waals surface area contributed by atoms with Crippen LogP contribution in [0.25, 0.3) is 22.0 Å². The SMILES string of the molecule is Cc1[nH]nc2ccc(-c3cncc(C(=O)NC4CCCCC4)c3)cc12. The van der Waals surface area contributed by atoms with Gasteiger partial charge in [-0.05, 0) is 43.5 Å². The summed E-state index contributed by atoms with van der Waals surface area (Å²) in [7, 11) is 0. The Morgan fingerprint density at radius 2 is 1.96 bits per heavy atom. The average Bonchev–Trinajstić information content (AvgIpc) is 3.03. The van der Waals surface area contributed by atoms with E-state index in [2.05, 4.69) is 26.6 Å². The molecule has 1 saturated carbocycles. The van der Waals surface area contributed by atoms with Crippen LogP contribution in [-0.2, 0) is 0 Å². The van der Waals surface area contributed by atoms with Crippen LogP contribution in [0.2, 0.25) is 0 Å². The van der Waals surface area contributed by atoms with Crippen LogP contribution in [0.15, 0.2) is 36.7 Å². The number of H-pyrrole nitrogens is 1. The van der Waals surface area contributed by atoms with Crippen molar-refractivity contribution in [2.75, 3.05) is 0 Å². The third-order valence-corrected chi connectivity index (χ3v) is 5.02. The van der Waals surface area contributed by atoms with Crippen molar-refractivity contribution < 1.29 is 4.79 Å². The van der Waals surface area contributed by atoms with Crippen molar-refractivity contribution in [2.45, 2.75) is 45.1 Å². The summed E-state index contributed by atoms with van der Waals surface area (Å²) in [5.41, 5.74) is 4.58. The van der Waals surface area contributed by atoms with Gasteiger partial charge in [-0.3, -0.25) is 14.9 Å². The summed E-state index contributed by atoms with van der Waals surface area (Å²) in [6.45, 7) is 2.01. The molecule has 2 aromatic heterocycles. The Kier molecular flexibility index (Phi) is 4.22. The quantitative estimate of drug-likeness (QED) is 0.760. The number of hydrogen-bond acceptors (Lipinski definition) is 3. The number of fused-ring (bicyclic) bond motifs is 1. The van der Waals surface area contributed by atoms with Crippen molar-refractivity contribution >= 4 is 16.8 Å². The van der Waals surface area contributed by atoms with Gasteiger partial charge in [0.05, 0.1) is 11.1 Å². The molecule has 128 valence electrons. The molecule has 1 aromatic carbocycles. The molecular weight excluding hydrogens is 312 g/mol. The fourth-order valence-electron chi connectivity index (χ4n) is 3.56. The van der Waals surface area contributed by atoms with Crippen LogP contribution < -0.4 is 5.32 Å². The van der Waals surface area contributed by atoms with Gasteiger partial charge in [-0.15, -0.1) is 0 Å². The van der Waals surface area contributed by atoms with Crippen molar-refractivity contribution in [2.24, 2.45) is 0 Å². The minimum atomic E-state index is -0.0261. The molecule has 0 saturated heterocycles. The number of pyridine rings is 1. The Morgan fingerprint density at radius 1 is 1.12 bits per heavy atom. The number of aromatic nitrogens is 3. The summed E-state index contributed by atoms with van der Waals surface area (Å²) in [6.07, 6.45) is 9.28. The highest BCUT2D eigenvalue weighted by Gasteiger charge is 2.17. The van der Waals surface area contributed by atoms with E-state index in [4.69, 9.17) is 0 Å². The monoisotopic (exact) mass is 334 g/mol. The van der Waals surface area contributed by atoms with Crippen LogP contribution in [0.1, 0.15) is 48.2 Å². The van der Waals surface area contributed by atoms with Gasteiger partial charge < -0.3 is 5.32 Å². The second-order valence-electron chi connectivity index (χ2n) is 6.85. The van der Waals surface area contributed by atoms with E-state index >= 15 is 0 Å². The molecule has 0 radical (unpaired) electrons. The number of nitrogens with zero attached hydrogens (tertiary/aromatic N) is 2. The van der Waals surface area contributed by atoms with Gasteiger partial charge in [-0.2, -0.15) is 5.10 Å². The minimum Gasteiger partial charge on any atom is -0.349 e. The Bertz CT molecular complexity index is 909. The number of aryl methyl sites for hydroxylation is 1. The normalized spacial score (nSPS) is 15.4. The number of aromatic amines is 1.